The summed E-state index contributed by atoms with van der Waals surface area (Å²) in [4.78, 5) is 0. The number of ether oxygens (including phenoxy) is 1. The lowest BCUT2D eigenvalue weighted by Crippen LogP contribution is -2.06. The van der Waals surface area contributed by atoms with E-state index in [-0.39, 0.29) is 17.4 Å². The van der Waals surface area contributed by atoms with E-state index in [0.717, 1.165) is 44.0 Å². The molecule has 0 saturated carbocycles. The van der Waals surface area contributed by atoms with Gasteiger partial charge in [-0.25, -0.2) is 0 Å². The van der Waals surface area contributed by atoms with Gasteiger partial charge in [0.1, 0.15) is 17.2 Å². The first-order valence-corrected chi connectivity index (χ1v) is 10.2. The molecule has 0 aliphatic heterocycles. The van der Waals surface area contributed by atoms with E-state index in [2.05, 4.69) is 0 Å². The fourth-order valence-electron chi connectivity index (χ4n) is 4.45. The molecule has 0 amide bonds. The summed E-state index contributed by atoms with van der Waals surface area (Å²) in [6, 6.07) is 31.1. The van der Waals surface area contributed by atoms with Crippen LogP contribution in [0, 0.1) is 0 Å². The summed E-state index contributed by atoms with van der Waals surface area (Å²) in [5.41, 5.74) is 2.50. The van der Waals surface area contributed by atoms with Crippen molar-refractivity contribution >= 4 is 21.5 Å². The molecule has 0 fully saturated rings. The van der Waals surface area contributed by atoms with Gasteiger partial charge in [0.25, 0.3) is 0 Å². The monoisotopic (exact) mass is 406 g/mol. The molecule has 0 radical (unpaired) electrons. The molecular weight excluding hydrogens is 384 g/mol. The van der Waals surface area contributed by atoms with Crippen molar-refractivity contribution in [2.24, 2.45) is 0 Å². The third-order valence-electron chi connectivity index (χ3n) is 5.92. The Kier molecular flexibility index (Phi) is 4.72. The molecule has 0 unspecified atom stereocenters. The van der Waals surface area contributed by atoms with E-state index >= 15 is 0 Å². The van der Waals surface area contributed by atoms with Crippen LogP contribution in [0.2, 0.25) is 0 Å². The predicted octanol–water partition coefficient (Wildman–Crippen LogP) is 6.59. The molecule has 0 spiro atoms. The zero-order valence-corrected chi connectivity index (χ0v) is 17.1. The molecule has 5 aromatic rings. The van der Waals surface area contributed by atoms with Crippen molar-refractivity contribution in [3.8, 4) is 17.2 Å². The van der Waals surface area contributed by atoms with Crippen molar-refractivity contribution in [3.63, 3.8) is 0 Å². The first-order valence-electron chi connectivity index (χ1n) is 10.2. The molecule has 0 bridgehead atoms. The van der Waals surface area contributed by atoms with Crippen molar-refractivity contribution < 1.29 is 14.9 Å². The van der Waals surface area contributed by atoms with E-state index in [1.165, 1.54) is 0 Å². The lowest BCUT2D eigenvalue weighted by molar-refractivity contribution is 0.414. The quantitative estimate of drug-likeness (QED) is 0.331. The van der Waals surface area contributed by atoms with Gasteiger partial charge in [0, 0.05) is 17.0 Å². The second-order valence-corrected chi connectivity index (χ2v) is 7.65. The van der Waals surface area contributed by atoms with Crippen LogP contribution in [0.1, 0.15) is 22.6 Å². The number of fused-ring (bicyclic) bond motifs is 2. The van der Waals surface area contributed by atoms with Gasteiger partial charge in [0.15, 0.2) is 0 Å². The van der Waals surface area contributed by atoms with Crippen LogP contribution in [0.25, 0.3) is 21.5 Å². The molecule has 3 heteroatoms. The van der Waals surface area contributed by atoms with Gasteiger partial charge in [-0.1, -0.05) is 72.8 Å². The van der Waals surface area contributed by atoms with Gasteiger partial charge >= 0.3 is 0 Å². The van der Waals surface area contributed by atoms with E-state index in [1.54, 1.807) is 19.2 Å². The molecule has 3 nitrogen and oxygen atoms in total. The highest BCUT2D eigenvalue weighted by atomic mass is 16.5. The average molecular weight is 406 g/mol. The molecule has 31 heavy (non-hydrogen) atoms. The van der Waals surface area contributed by atoms with Gasteiger partial charge in [-0.3, -0.25) is 0 Å². The topological polar surface area (TPSA) is 49.7 Å². The maximum Gasteiger partial charge on any atom is 0.120 e. The van der Waals surface area contributed by atoms with Gasteiger partial charge in [0.05, 0.1) is 7.11 Å². The highest BCUT2D eigenvalue weighted by molar-refractivity contribution is 5.93. The normalized spacial score (nSPS) is 11.3. The standard InChI is InChI=1S/C28H22O3/c1-31-21-14-10-20(11-15-21)26(27-22-8-4-2-6-18(22)12-16-24(27)29)28-23-9-5-3-7-19(23)13-17-25(28)30/h2-17,26,29-30H,1H3. The fraction of sp³-hybridized carbons (Fsp3) is 0.0714. The Labute approximate surface area is 180 Å². The highest BCUT2D eigenvalue weighted by Crippen LogP contribution is 2.46. The summed E-state index contributed by atoms with van der Waals surface area (Å²) in [5.74, 6) is 0.786. The van der Waals surface area contributed by atoms with Crippen LogP contribution in [-0.4, -0.2) is 17.3 Å². The molecule has 0 aliphatic rings. The minimum atomic E-state index is -0.372. The Bertz CT molecular complexity index is 1300. The summed E-state index contributed by atoms with van der Waals surface area (Å²) >= 11 is 0. The Morgan fingerprint density at radius 1 is 0.581 bits per heavy atom. The van der Waals surface area contributed by atoms with Gasteiger partial charge in [0.2, 0.25) is 0 Å². The van der Waals surface area contributed by atoms with Gasteiger partial charge in [-0.2, -0.15) is 0 Å². The van der Waals surface area contributed by atoms with E-state index in [1.807, 2.05) is 84.9 Å². The van der Waals surface area contributed by atoms with E-state index in [9.17, 15) is 10.2 Å². The molecule has 152 valence electrons. The zero-order chi connectivity index (χ0) is 21.4. The lowest BCUT2D eigenvalue weighted by atomic mass is 9.80. The minimum absolute atomic E-state index is 0.201. The van der Waals surface area contributed by atoms with Crippen molar-refractivity contribution in [2.75, 3.05) is 7.11 Å². The first-order chi connectivity index (χ1) is 15.2. The Hall–Kier alpha value is -3.98. The molecule has 0 aliphatic carbocycles. The number of phenolic OH excluding ortho intramolecular Hbond substituents is 2. The lowest BCUT2D eigenvalue weighted by Gasteiger charge is -2.24. The molecule has 0 atom stereocenters. The fourth-order valence-corrected chi connectivity index (χ4v) is 4.45. The number of hydrogen-bond acceptors (Lipinski definition) is 3. The third kappa shape index (κ3) is 3.24. The van der Waals surface area contributed by atoms with Gasteiger partial charge < -0.3 is 14.9 Å². The van der Waals surface area contributed by atoms with Crippen molar-refractivity contribution in [1.29, 1.82) is 0 Å². The molecular formula is C28H22O3. The van der Waals surface area contributed by atoms with Crippen LogP contribution in [-0.2, 0) is 0 Å². The molecule has 0 aromatic heterocycles. The van der Waals surface area contributed by atoms with Gasteiger partial charge in [-0.05, 0) is 51.4 Å². The van der Waals surface area contributed by atoms with Crippen molar-refractivity contribution in [2.45, 2.75) is 5.92 Å². The van der Waals surface area contributed by atoms with E-state index in [0.29, 0.717) is 0 Å². The Balaban J connectivity index is 1.89. The average Bonchev–Trinajstić information content (AvgIpc) is 2.82. The molecule has 0 saturated heterocycles. The van der Waals surface area contributed by atoms with E-state index in [4.69, 9.17) is 4.74 Å². The number of hydrogen-bond donors (Lipinski definition) is 2. The second kappa shape index (κ2) is 7.69. The van der Waals surface area contributed by atoms with Crippen molar-refractivity contribution in [3.05, 3.63) is 114 Å². The van der Waals surface area contributed by atoms with Crippen LogP contribution in [0.3, 0.4) is 0 Å². The van der Waals surface area contributed by atoms with Crippen LogP contribution in [0.5, 0.6) is 17.2 Å². The summed E-state index contributed by atoms with van der Waals surface area (Å²) in [5, 5.41) is 26.1. The number of phenols is 2. The molecule has 0 heterocycles. The maximum absolute atomic E-state index is 11.1. The summed E-state index contributed by atoms with van der Waals surface area (Å²) < 4.78 is 5.35. The number of benzene rings is 5. The van der Waals surface area contributed by atoms with Crippen LogP contribution in [0.4, 0.5) is 0 Å². The van der Waals surface area contributed by atoms with Crippen LogP contribution in [0.15, 0.2) is 97.1 Å². The summed E-state index contributed by atoms with van der Waals surface area (Å²) in [7, 11) is 1.64. The highest BCUT2D eigenvalue weighted by Gasteiger charge is 2.26. The molecule has 2 N–H and O–H groups in total. The second-order valence-electron chi connectivity index (χ2n) is 7.65. The van der Waals surface area contributed by atoms with E-state index < -0.39 is 0 Å². The number of rotatable bonds is 4. The largest absolute Gasteiger partial charge is 0.508 e. The predicted molar refractivity (Wildman–Crippen MR) is 125 cm³/mol. The first kappa shape index (κ1) is 19.0. The molecule has 5 aromatic carbocycles. The van der Waals surface area contributed by atoms with Crippen LogP contribution >= 0.6 is 0 Å². The third-order valence-corrected chi connectivity index (χ3v) is 5.92. The van der Waals surface area contributed by atoms with Crippen molar-refractivity contribution in [1.82, 2.24) is 0 Å². The number of aromatic hydroxyl groups is 2. The maximum atomic E-state index is 11.1. The number of methoxy groups -OCH3 is 1. The smallest absolute Gasteiger partial charge is 0.120 e. The minimum Gasteiger partial charge on any atom is -0.508 e. The zero-order valence-electron chi connectivity index (χ0n) is 17.1. The Morgan fingerprint density at radius 2 is 1.06 bits per heavy atom. The Morgan fingerprint density at radius 3 is 1.55 bits per heavy atom. The van der Waals surface area contributed by atoms with Crippen LogP contribution < -0.4 is 4.74 Å². The summed E-state index contributed by atoms with van der Waals surface area (Å²) in [6.45, 7) is 0. The summed E-state index contributed by atoms with van der Waals surface area (Å²) in [6.07, 6.45) is 0. The SMILES string of the molecule is COc1ccc(C(c2c(O)ccc3ccccc23)c2c(O)ccc3ccccc23)cc1. The van der Waals surface area contributed by atoms with Gasteiger partial charge in [-0.15, -0.1) is 0 Å². The molecule has 5 rings (SSSR count).